The SMILES string of the molecule is C/C=C1\NC(=O)N([C@H]2CC[C@H](Oc3cc(=O)n(C)cc3-c3cc(C(C)(C)O)ccc3Oc3c(C)cc(F)cc3C)CC2)C1=O. The molecule has 3 aromatic rings. The molecule has 1 saturated carbocycles. The number of hydrogen-bond acceptors (Lipinski definition) is 6. The average Bonchev–Trinajstić information content (AvgIpc) is 3.25. The first kappa shape index (κ1) is 31.0. The molecule has 2 heterocycles. The minimum atomic E-state index is -1.17. The zero-order chi connectivity index (χ0) is 31.9. The number of imide groups is 1. The second kappa shape index (κ2) is 11.9. The fourth-order valence-electron chi connectivity index (χ4n) is 5.87. The Bertz CT molecular complexity index is 1690. The van der Waals surface area contributed by atoms with Crippen LogP contribution in [0.2, 0.25) is 0 Å². The van der Waals surface area contributed by atoms with Gasteiger partial charge in [0.15, 0.2) is 0 Å². The van der Waals surface area contributed by atoms with Gasteiger partial charge >= 0.3 is 6.03 Å². The molecule has 3 amide bonds. The monoisotopic (exact) mass is 603 g/mol. The molecular weight excluding hydrogens is 565 g/mol. The van der Waals surface area contributed by atoms with Crippen molar-refractivity contribution in [2.75, 3.05) is 0 Å². The highest BCUT2D eigenvalue weighted by Crippen LogP contribution is 2.42. The number of halogens is 1. The molecule has 1 aliphatic carbocycles. The van der Waals surface area contributed by atoms with Gasteiger partial charge < -0.3 is 24.5 Å². The number of pyridine rings is 1. The van der Waals surface area contributed by atoms with E-state index in [1.807, 2.05) is 6.07 Å². The lowest BCUT2D eigenvalue weighted by molar-refractivity contribution is -0.125. The Hall–Kier alpha value is -4.44. The van der Waals surface area contributed by atoms with E-state index in [0.717, 1.165) is 0 Å². The van der Waals surface area contributed by atoms with E-state index >= 15 is 0 Å². The summed E-state index contributed by atoms with van der Waals surface area (Å²) in [6.07, 6.45) is 5.28. The van der Waals surface area contributed by atoms with Crippen molar-refractivity contribution in [3.05, 3.63) is 87.2 Å². The Labute approximate surface area is 255 Å². The summed E-state index contributed by atoms with van der Waals surface area (Å²) >= 11 is 0. The lowest BCUT2D eigenvalue weighted by Gasteiger charge is -2.33. The lowest BCUT2D eigenvalue weighted by Crippen LogP contribution is -2.43. The van der Waals surface area contributed by atoms with Crippen molar-refractivity contribution < 1.29 is 28.6 Å². The van der Waals surface area contributed by atoms with Crippen molar-refractivity contribution in [3.63, 3.8) is 0 Å². The maximum absolute atomic E-state index is 14.0. The molecule has 10 heteroatoms. The number of urea groups is 1. The van der Waals surface area contributed by atoms with Crippen LogP contribution >= 0.6 is 0 Å². The van der Waals surface area contributed by atoms with Gasteiger partial charge in [-0.05, 0) is 101 Å². The van der Waals surface area contributed by atoms with Gasteiger partial charge in [-0.2, -0.15) is 0 Å². The van der Waals surface area contributed by atoms with E-state index in [2.05, 4.69) is 5.32 Å². The number of rotatable bonds is 7. The van der Waals surface area contributed by atoms with Gasteiger partial charge in [0, 0.05) is 36.5 Å². The van der Waals surface area contributed by atoms with Crippen molar-refractivity contribution in [1.29, 1.82) is 0 Å². The molecule has 44 heavy (non-hydrogen) atoms. The van der Waals surface area contributed by atoms with Crippen LogP contribution in [0.3, 0.4) is 0 Å². The van der Waals surface area contributed by atoms with Crippen LogP contribution < -0.4 is 20.3 Å². The summed E-state index contributed by atoms with van der Waals surface area (Å²) in [7, 11) is 1.65. The summed E-state index contributed by atoms with van der Waals surface area (Å²) in [5.74, 6) is 0.636. The summed E-state index contributed by atoms with van der Waals surface area (Å²) in [5, 5.41) is 13.5. The quantitative estimate of drug-likeness (QED) is 0.254. The van der Waals surface area contributed by atoms with Crippen molar-refractivity contribution in [2.24, 2.45) is 7.05 Å². The third-order valence-corrected chi connectivity index (χ3v) is 8.30. The molecule has 1 aliphatic heterocycles. The third kappa shape index (κ3) is 6.12. The highest BCUT2D eigenvalue weighted by molar-refractivity contribution is 6.11. The number of nitrogens with one attached hydrogen (secondary N) is 1. The van der Waals surface area contributed by atoms with E-state index in [9.17, 15) is 23.9 Å². The van der Waals surface area contributed by atoms with Gasteiger partial charge in [0.1, 0.15) is 28.8 Å². The first-order chi connectivity index (χ1) is 20.8. The van der Waals surface area contributed by atoms with Gasteiger partial charge in [0.05, 0.1) is 11.7 Å². The molecule has 0 atom stereocenters. The molecule has 0 spiro atoms. The molecule has 2 fully saturated rings. The summed E-state index contributed by atoms with van der Waals surface area (Å²) in [5.41, 5.74) is 1.91. The van der Waals surface area contributed by atoms with Crippen LogP contribution in [-0.4, -0.2) is 38.7 Å². The summed E-state index contributed by atoms with van der Waals surface area (Å²) in [4.78, 5) is 39.2. The van der Waals surface area contributed by atoms with Gasteiger partial charge in [0.2, 0.25) is 0 Å². The van der Waals surface area contributed by atoms with Crippen LogP contribution in [0.25, 0.3) is 11.1 Å². The highest BCUT2D eigenvalue weighted by atomic mass is 19.1. The molecule has 232 valence electrons. The Balaban J connectivity index is 1.49. The standard InChI is InChI=1S/C34H38FN3O6/c1-7-27-32(40)38(33(41)36-27)23-9-11-24(12-10-23)43-29-17-30(39)37(6)18-26(29)25-16-21(34(4,5)42)8-13-28(25)44-31-19(2)14-22(35)15-20(31)3/h7-8,13-18,23-24,42H,9-12H2,1-6H3,(H,36,41)/b27-7-/t23-,24-. The number of ether oxygens (including phenoxy) is 2. The van der Waals surface area contributed by atoms with Gasteiger partial charge in [-0.15, -0.1) is 0 Å². The Morgan fingerprint density at radius 1 is 0.977 bits per heavy atom. The smallest absolute Gasteiger partial charge is 0.329 e. The number of benzene rings is 2. The van der Waals surface area contributed by atoms with Gasteiger partial charge in [-0.25, -0.2) is 9.18 Å². The first-order valence-corrected chi connectivity index (χ1v) is 14.8. The van der Waals surface area contributed by atoms with E-state index in [1.54, 1.807) is 66.1 Å². The molecule has 1 aromatic heterocycles. The van der Waals surface area contributed by atoms with Gasteiger partial charge in [-0.1, -0.05) is 12.1 Å². The normalized spacial score (nSPS) is 19.8. The van der Waals surface area contributed by atoms with Crippen molar-refractivity contribution in [3.8, 4) is 28.4 Å². The van der Waals surface area contributed by atoms with Crippen LogP contribution in [0.4, 0.5) is 9.18 Å². The van der Waals surface area contributed by atoms with E-state index in [4.69, 9.17) is 9.47 Å². The van der Waals surface area contributed by atoms with Gasteiger partial charge in [0.25, 0.3) is 11.5 Å². The number of aromatic nitrogens is 1. The van der Waals surface area contributed by atoms with E-state index in [-0.39, 0.29) is 35.1 Å². The van der Waals surface area contributed by atoms with E-state index in [1.165, 1.54) is 27.7 Å². The molecular formula is C34H38FN3O6. The number of aryl methyl sites for hydroxylation is 3. The molecule has 5 rings (SSSR count). The first-order valence-electron chi connectivity index (χ1n) is 14.8. The van der Waals surface area contributed by atoms with Crippen LogP contribution in [0, 0.1) is 19.7 Å². The second-order valence-electron chi connectivity index (χ2n) is 12.1. The molecule has 1 saturated heterocycles. The average molecular weight is 604 g/mol. The molecule has 2 aromatic carbocycles. The van der Waals surface area contributed by atoms with Crippen LogP contribution in [0.15, 0.2) is 59.2 Å². The van der Waals surface area contributed by atoms with Crippen LogP contribution in [0.5, 0.6) is 17.2 Å². The summed E-state index contributed by atoms with van der Waals surface area (Å²) in [6, 6.07) is 8.93. The van der Waals surface area contributed by atoms with Crippen LogP contribution in [0.1, 0.15) is 63.1 Å². The number of allylic oxidation sites excluding steroid dienone is 1. The maximum Gasteiger partial charge on any atom is 0.329 e. The molecule has 2 aliphatic rings. The number of nitrogens with zero attached hydrogens (tertiary/aromatic N) is 2. The predicted molar refractivity (Wildman–Crippen MR) is 164 cm³/mol. The fourth-order valence-corrected chi connectivity index (χ4v) is 5.87. The van der Waals surface area contributed by atoms with Crippen LogP contribution in [-0.2, 0) is 17.4 Å². The predicted octanol–water partition coefficient (Wildman–Crippen LogP) is 5.97. The molecule has 2 N–H and O–H groups in total. The zero-order valence-corrected chi connectivity index (χ0v) is 25.9. The van der Waals surface area contributed by atoms with E-state index in [0.29, 0.717) is 70.7 Å². The third-order valence-electron chi connectivity index (χ3n) is 8.30. The van der Waals surface area contributed by atoms with Crippen molar-refractivity contribution >= 4 is 11.9 Å². The number of amides is 3. The minimum absolute atomic E-state index is 0.242. The maximum atomic E-state index is 14.0. The lowest BCUT2D eigenvalue weighted by atomic mass is 9.91. The molecule has 9 nitrogen and oxygen atoms in total. The largest absolute Gasteiger partial charge is 0.490 e. The number of carbonyl (C=O) groups is 2. The number of hydrogen-bond donors (Lipinski definition) is 2. The highest BCUT2D eigenvalue weighted by Gasteiger charge is 2.40. The summed E-state index contributed by atoms with van der Waals surface area (Å²) < 4.78 is 28.4. The number of aliphatic hydroxyl groups is 1. The Morgan fingerprint density at radius 3 is 2.23 bits per heavy atom. The second-order valence-corrected chi connectivity index (χ2v) is 12.1. The summed E-state index contributed by atoms with van der Waals surface area (Å²) in [6.45, 7) is 8.61. The molecule has 0 bridgehead atoms. The zero-order valence-electron chi connectivity index (χ0n) is 25.9. The topological polar surface area (TPSA) is 110 Å². The van der Waals surface area contributed by atoms with Gasteiger partial charge in [-0.3, -0.25) is 14.5 Å². The Kier molecular flexibility index (Phi) is 8.40. The number of carbonyl (C=O) groups excluding carboxylic acids is 2. The fraction of sp³-hybridized carbons (Fsp3) is 0.382. The Morgan fingerprint density at radius 2 is 1.64 bits per heavy atom. The van der Waals surface area contributed by atoms with E-state index < -0.39 is 11.6 Å². The minimum Gasteiger partial charge on any atom is -0.490 e. The molecule has 0 unspecified atom stereocenters. The van der Waals surface area contributed by atoms with Crippen molar-refractivity contribution in [2.45, 2.75) is 78.0 Å². The molecule has 0 radical (unpaired) electrons. The van der Waals surface area contributed by atoms with Crippen molar-refractivity contribution in [1.82, 2.24) is 14.8 Å².